The highest BCUT2D eigenvalue weighted by Gasteiger charge is 2.15. The lowest BCUT2D eigenvalue weighted by atomic mass is 10.3. The van der Waals surface area contributed by atoms with Gasteiger partial charge in [0.05, 0.1) is 6.54 Å². The lowest BCUT2D eigenvalue weighted by molar-refractivity contribution is 0.174. The average molecular weight is 293 g/mol. The molecule has 0 saturated heterocycles. The van der Waals surface area contributed by atoms with Crippen LogP contribution in [0.15, 0.2) is 18.2 Å². The lowest BCUT2D eigenvalue weighted by Gasteiger charge is -2.04. The highest BCUT2D eigenvalue weighted by molar-refractivity contribution is 7.13. The summed E-state index contributed by atoms with van der Waals surface area (Å²) in [6, 6.07) is 5.84. The summed E-state index contributed by atoms with van der Waals surface area (Å²) in [6.45, 7) is 5.12. The average Bonchev–Trinajstić information content (AvgIpc) is 3.04. The Labute approximate surface area is 120 Å². The van der Waals surface area contributed by atoms with Crippen molar-refractivity contribution in [1.82, 2.24) is 15.5 Å². The van der Waals surface area contributed by atoms with Gasteiger partial charge in [0.2, 0.25) is 6.79 Å². The van der Waals surface area contributed by atoms with Gasteiger partial charge in [-0.25, -0.2) is 0 Å². The van der Waals surface area contributed by atoms with Crippen LogP contribution in [-0.2, 0) is 6.54 Å². The summed E-state index contributed by atoms with van der Waals surface area (Å²) in [4.78, 5) is 0. The molecule has 0 radical (unpaired) electrons. The van der Waals surface area contributed by atoms with E-state index >= 15 is 0 Å². The number of fused-ring (bicyclic) bond motifs is 1. The largest absolute Gasteiger partial charge is 0.454 e. The molecule has 1 aliphatic rings. The van der Waals surface area contributed by atoms with E-state index < -0.39 is 0 Å². The molecule has 0 amide bonds. The topological polar surface area (TPSA) is 65.5 Å². The molecule has 2 heterocycles. The van der Waals surface area contributed by atoms with Crippen LogP contribution in [0.1, 0.15) is 18.9 Å². The van der Waals surface area contributed by atoms with Crippen LogP contribution in [0.2, 0.25) is 0 Å². The molecule has 2 aromatic rings. The van der Waals surface area contributed by atoms with E-state index in [9.17, 15) is 0 Å². The molecule has 106 valence electrons. The fourth-order valence-corrected chi connectivity index (χ4v) is 2.34. The van der Waals surface area contributed by atoms with E-state index in [-0.39, 0.29) is 6.79 Å². The Hall–Kier alpha value is -1.86. The van der Waals surface area contributed by atoms with Crippen molar-refractivity contribution in [2.75, 3.05) is 6.79 Å². The monoisotopic (exact) mass is 293 g/mol. The third kappa shape index (κ3) is 3.00. The summed E-state index contributed by atoms with van der Waals surface area (Å²) in [6.07, 6.45) is 0. The predicted octanol–water partition coefficient (Wildman–Crippen LogP) is 2.56. The molecule has 1 N–H and O–H groups in total. The van der Waals surface area contributed by atoms with Crippen molar-refractivity contribution in [3.63, 3.8) is 0 Å². The van der Waals surface area contributed by atoms with Crippen LogP contribution >= 0.6 is 11.3 Å². The van der Waals surface area contributed by atoms with Crippen molar-refractivity contribution < 1.29 is 14.2 Å². The second-order valence-electron chi connectivity index (χ2n) is 4.61. The molecule has 0 atom stereocenters. The first-order valence-corrected chi connectivity index (χ1v) is 7.15. The molecular weight excluding hydrogens is 278 g/mol. The zero-order valence-corrected chi connectivity index (χ0v) is 12.1. The SMILES string of the molecule is CC(C)NCc1nnc(Oc2ccc3c(c2)OCO3)s1. The van der Waals surface area contributed by atoms with E-state index in [2.05, 4.69) is 29.4 Å². The Morgan fingerprint density at radius 2 is 2.15 bits per heavy atom. The van der Waals surface area contributed by atoms with Crippen LogP contribution < -0.4 is 19.5 Å². The summed E-state index contributed by atoms with van der Waals surface area (Å²) < 4.78 is 16.2. The van der Waals surface area contributed by atoms with Gasteiger partial charge >= 0.3 is 0 Å². The van der Waals surface area contributed by atoms with E-state index in [1.165, 1.54) is 11.3 Å². The van der Waals surface area contributed by atoms with Crippen LogP contribution in [0, 0.1) is 0 Å². The molecule has 0 aliphatic carbocycles. The minimum Gasteiger partial charge on any atom is -0.454 e. The minimum absolute atomic E-state index is 0.253. The Morgan fingerprint density at radius 1 is 1.30 bits per heavy atom. The lowest BCUT2D eigenvalue weighted by Crippen LogP contribution is -2.21. The molecular formula is C13H15N3O3S. The van der Waals surface area contributed by atoms with Gasteiger partial charge in [-0.05, 0) is 12.1 Å². The van der Waals surface area contributed by atoms with Crippen molar-refractivity contribution in [1.29, 1.82) is 0 Å². The van der Waals surface area contributed by atoms with E-state index in [1.807, 2.05) is 12.1 Å². The summed E-state index contributed by atoms with van der Waals surface area (Å²) in [5.74, 6) is 2.08. The van der Waals surface area contributed by atoms with E-state index in [0.29, 0.717) is 29.3 Å². The first kappa shape index (κ1) is 13.1. The number of rotatable bonds is 5. The summed E-state index contributed by atoms with van der Waals surface area (Å²) in [5, 5.41) is 12.8. The van der Waals surface area contributed by atoms with Gasteiger partial charge in [0.25, 0.3) is 5.19 Å². The molecule has 6 nitrogen and oxygen atoms in total. The van der Waals surface area contributed by atoms with Crippen molar-refractivity contribution in [2.45, 2.75) is 26.4 Å². The second-order valence-corrected chi connectivity index (χ2v) is 5.64. The Bertz CT molecular complexity index is 600. The fourth-order valence-electron chi connectivity index (χ4n) is 1.68. The second kappa shape index (κ2) is 5.64. The molecule has 0 saturated carbocycles. The number of nitrogens with one attached hydrogen (secondary N) is 1. The van der Waals surface area contributed by atoms with Gasteiger partial charge in [0.15, 0.2) is 11.5 Å². The van der Waals surface area contributed by atoms with Crippen LogP contribution in [0.5, 0.6) is 22.4 Å². The molecule has 3 rings (SSSR count). The van der Waals surface area contributed by atoms with Crippen molar-refractivity contribution in [3.8, 4) is 22.4 Å². The van der Waals surface area contributed by atoms with Crippen molar-refractivity contribution >= 4 is 11.3 Å². The van der Waals surface area contributed by atoms with Gasteiger partial charge in [0.1, 0.15) is 10.8 Å². The smallest absolute Gasteiger partial charge is 0.299 e. The molecule has 0 fully saturated rings. The molecule has 1 aromatic carbocycles. The molecule has 1 aliphatic heterocycles. The normalized spacial score (nSPS) is 12.9. The quantitative estimate of drug-likeness (QED) is 0.914. The summed E-state index contributed by atoms with van der Waals surface area (Å²) in [5.41, 5.74) is 0. The molecule has 7 heteroatoms. The molecule has 1 aromatic heterocycles. The maximum Gasteiger partial charge on any atom is 0.299 e. The highest BCUT2D eigenvalue weighted by atomic mass is 32.1. The van der Waals surface area contributed by atoms with Gasteiger partial charge in [-0.15, -0.1) is 5.10 Å². The zero-order valence-electron chi connectivity index (χ0n) is 11.3. The molecule has 0 unspecified atom stereocenters. The standard InChI is InChI=1S/C13H15N3O3S/c1-8(2)14-6-12-15-16-13(20-12)19-9-3-4-10-11(5-9)18-7-17-10/h3-5,8,14H,6-7H2,1-2H3. The van der Waals surface area contributed by atoms with Gasteiger partial charge < -0.3 is 19.5 Å². The zero-order chi connectivity index (χ0) is 13.9. The Morgan fingerprint density at radius 3 is 3.00 bits per heavy atom. The minimum atomic E-state index is 0.253. The van der Waals surface area contributed by atoms with E-state index in [4.69, 9.17) is 14.2 Å². The van der Waals surface area contributed by atoms with Crippen LogP contribution in [0.4, 0.5) is 0 Å². The van der Waals surface area contributed by atoms with Crippen LogP contribution in [0.3, 0.4) is 0 Å². The first-order valence-electron chi connectivity index (χ1n) is 6.34. The number of nitrogens with zero attached hydrogens (tertiary/aromatic N) is 2. The van der Waals surface area contributed by atoms with Crippen LogP contribution in [-0.4, -0.2) is 23.0 Å². The van der Waals surface area contributed by atoms with Crippen LogP contribution in [0.25, 0.3) is 0 Å². The number of hydrogen-bond acceptors (Lipinski definition) is 7. The molecule has 0 bridgehead atoms. The number of hydrogen-bond donors (Lipinski definition) is 1. The molecule has 20 heavy (non-hydrogen) atoms. The van der Waals surface area contributed by atoms with Crippen molar-refractivity contribution in [2.24, 2.45) is 0 Å². The highest BCUT2D eigenvalue weighted by Crippen LogP contribution is 2.36. The Balaban J connectivity index is 1.65. The number of ether oxygens (including phenoxy) is 3. The van der Waals surface area contributed by atoms with Crippen molar-refractivity contribution in [3.05, 3.63) is 23.2 Å². The Kier molecular flexibility index (Phi) is 3.70. The third-order valence-corrected chi connectivity index (χ3v) is 3.46. The van der Waals surface area contributed by atoms with Gasteiger partial charge in [0, 0.05) is 12.1 Å². The number of aromatic nitrogens is 2. The maximum absolute atomic E-state index is 5.67. The third-order valence-electron chi connectivity index (χ3n) is 2.66. The predicted molar refractivity (Wildman–Crippen MR) is 74.5 cm³/mol. The number of benzene rings is 1. The maximum atomic E-state index is 5.67. The van der Waals surface area contributed by atoms with Gasteiger partial charge in [-0.3, -0.25) is 0 Å². The first-order chi connectivity index (χ1) is 9.70. The van der Waals surface area contributed by atoms with Gasteiger partial charge in [-0.1, -0.05) is 30.3 Å². The summed E-state index contributed by atoms with van der Waals surface area (Å²) >= 11 is 1.42. The van der Waals surface area contributed by atoms with E-state index in [1.54, 1.807) is 6.07 Å². The fraction of sp³-hybridized carbons (Fsp3) is 0.385. The van der Waals surface area contributed by atoms with E-state index in [0.717, 1.165) is 10.8 Å². The molecule has 0 spiro atoms. The summed E-state index contributed by atoms with van der Waals surface area (Å²) in [7, 11) is 0. The van der Waals surface area contributed by atoms with Gasteiger partial charge in [-0.2, -0.15) is 0 Å².